The molecule has 4 nitrogen and oxygen atoms in total. The van der Waals surface area contributed by atoms with Crippen LogP contribution in [-0.2, 0) is 0 Å². The first-order chi connectivity index (χ1) is 10.4. The molecule has 1 aromatic carbocycles. The first kappa shape index (κ1) is 25.3. The van der Waals surface area contributed by atoms with Crippen LogP contribution in [0.1, 0.15) is 43.6 Å². The molecular weight excluding hydrogens is 345 g/mol. The second kappa shape index (κ2) is 12.4. The summed E-state index contributed by atoms with van der Waals surface area (Å²) in [6, 6.07) is 5.55. The number of nitrogens with two attached hydrogens (primary N) is 1. The van der Waals surface area contributed by atoms with Crippen LogP contribution >= 0.6 is 24.8 Å². The molecule has 24 heavy (non-hydrogen) atoms. The minimum absolute atomic E-state index is 0. The average Bonchev–Trinajstić information content (AvgIpc) is 2.48. The van der Waals surface area contributed by atoms with E-state index in [0.29, 0.717) is 11.6 Å². The van der Waals surface area contributed by atoms with Crippen LogP contribution in [0.15, 0.2) is 18.2 Å². The van der Waals surface area contributed by atoms with Crippen molar-refractivity contribution >= 4 is 36.4 Å². The molecule has 0 aliphatic heterocycles. The Morgan fingerprint density at radius 3 is 2.21 bits per heavy atom. The Kier molecular flexibility index (Phi) is 13.1. The molecule has 1 amide bonds. The molecule has 0 heterocycles. The van der Waals surface area contributed by atoms with Crippen molar-refractivity contribution in [1.29, 1.82) is 0 Å². The number of aryl methyl sites for hydroxylation is 1. The Bertz CT molecular complexity index is 491. The topological polar surface area (TPSA) is 49.6 Å². The number of anilines is 1. The first-order valence-corrected chi connectivity index (χ1v) is 8.26. The van der Waals surface area contributed by atoms with Crippen molar-refractivity contribution in [3.63, 3.8) is 0 Å². The number of amides is 1. The molecule has 0 aliphatic carbocycles. The highest BCUT2D eigenvalue weighted by atomic mass is 35.5. The Morgan fingerprint density at radius 2 is 1.71 bits per heavy atom. The number of carbonyl (C=O) groups is 1. The van der Waals surface area contributed by atoms with Crippen LogP contribution in [0.2, 0.25) is 0 Å². The van der Waals surface area contributed by atoms with E-state index in [-0.39, 0.29) is 30.7 Å². The minimum Gasteiger partial charge on any atom is -0.399 e. The summed E-state index contributed by atoms with van der Waals surface area (Å²) < 4.78 is 0. The molecule has 1 rings (SSSR count). The van der Waals surface area contributed by atoms with E-state index in [4.69, 9.17) is 5.73 Å². The lowest BCUT2D eigenvalue weighted by Crippen LogP contribution is -2.40. The number of likely N-dealkylation sites (N-methyl/N-ethyl adjacent to an activating group) is 1. The zero-order chi connectivity index (χ0) is 16.7. The molecule has 0 spiro atoms. The van der Waals surface area contributed by atoms with Crippen LogP contribution in [0.4, 0.5) is 5.69 Å². The lowest BCUT2D eigenvalue weighted by molar-refractivity contribution is 0.0716. The summed E-state index contributed by atoms with van der Waals surface area (Å²) in [5, 5.41) is 0. The molecule has 0 aromatic heterocycles. The summed E-state index contributed by atoms with van der Waals surface area (Å²) in [7, 11) is 0. The van der Waals surface area contributed by atoms with E-state index in [1.165, 1.54) is 0 Å². The van der Waals surface area contributed by atoms with Gasteiger partial charge in [-0.2, -0.15) is 0 Å². The number of halogens is 2. The van der Waals surface area contributed by atoms with E-state index in [2.05, 4.69) is 32.6 Å². The van der Waals surface area contributed by atoms with E-state index >= 15 is 0 Å². The van der Waals surface area contributed by atoms with Gasteiger partial charge in [0.2, 0.25) is 0 Å². The molecule has 0 unspecified atom stereocenters. The van der Waals surface area contributed by atoms with Crippen molar-refractivity contribution in [2.24, 2.45) is 5.92 Å². The van der Waals surface area contributed by atoms with Gasteiger partial charge in [0.05, 0.1) is 0 Å². The van der Waals surface area contributed by atoms with Gasteiger partial charge in [-0.15, -0.1) is 24.8 Å². The van der Waals surface area contributed by atoms with Gasteiger partial charge < -0.3 is 15.5 Å². The molecular formula is C18H33Cl2N3O. The van der Waals surface area contributed by atoms with Crippen LogP contribution in [0.3, 0.4) is 0 Å². The van der Waals surface area contributed by atoms with Gasteiger partial charge in [-0.05, 0) is 43.6 Å². The molecule has 140 valence electrons. The van der Waals surface area contributed by atoms with Crippen LogP contribution in [0.5, 0.6) is 0 Å². The number of benzene rings is 1. The van der Waals surface area contributed by atoms with E-state index in [1.54, 1.807) is 6.07 Å². The summed E-state index contributed by atoms with van der Waals surface area (Å²) in [5.41, 5.74) is 8.20. The summed E-state index contributed by atoms with van der Waals surface area (Å²) in [6.45, 7) is 15.0. The molecule has 6 heteroatoms. The predicted molar refractivity (Wildman–Crippen MR) is 109 cm³/mol. The van der Waals surface area contributed by atoms with Crippen molar-refractivity contribution in [2.75, 3.05) is 38.5 Å². The lowest BCUT2D eigenvalue weighted by atomic mass is 10.1. The van der Waals surface area contributed by atoms with Crippen molar-refractivity contribution in [3.8, 4) is 0 Å². The van der Waals surface area contributed by atoms with Crippen LogP contribution < -0.4 is 5.73 Å². The summed E-state index contributed by atoms with van der Waals surface area (Å²) in [6.07, 6.45) is 0. The zero-order valence-corrected chi connectivity index (χ0v) is 17.2. The third kappa shape index (κ3) is 7.73. The Labute approximate surface area is 159 Å². The molecule has 0 saturated carbocycles. The standard InChI is InChI=1S/C18H31N3O.2ClH/c1-6-20(7-2)10-11-21(13-14(3)4)18(22)17-12-16(19)9-8-15(17)5;;/h8-9,12,14H,6-7,10-11,13,19H2,1-5H3;2*1H. The van der Waals surface area contributed by atoms with Gasteiger partial charge in [-0.3, -0.25) is 4.79 Å². The second-order valence-corrected chi connectivity index (χ2v) is 6.25. The Morgan fingerprint density at radius 1 is 1.12 bits per heavy atom. The summed E-state index contributed by atoms with van der Waals surface area (Å²) >= 11 is 0. The monoisotopic (exact) mass is 377 g/mol. The molecule has 1 aromatic rings. The third-order valence-corrected chi connectivity index (χ3v) is 3.95. The van der Waals surface area contributed by atoms with Crippen molar-refractivity contribution in [3.05, 3.63) is 29.3 Å². The van der Waals surface area contributed by atoms with Gasteiger partial charge in [0, 0.05) is 30.9 Å². The maximum atomic E-state index is 12.9. The number of nitrogen functional groups attached to an aromatic ring is 1. The molecule has 0 bridgehead atoms. The number of nitrogens with zero attached hydrogens (tertiary/aromatic N) is 2. The maximum Gasteiger partial charge on any atom is 0.254 e. The largest absolute Gasteiger partial charge is 0.399 e. The van der Waals surface area contributed by atoms with Gasteiger partial charge in [0.15, 0.2) is 0 Å². The Hall–Kier alpha value is -0.970. The molecule has 0 aliphatic rings. The van der Waals surface area contributed by atoms with E-state index < -0.39 is 0 Å². The number of carbonyl (C=O) groups excluding carboxylic acids is 1. The van der Waals surface area contributed by atoms with Gasteiger partial charge >= 0.3 is 0 Å². The molecule has 0 atom stereocenters. The average molecular weight is 378 g/mol. The molecule has 0 radical (unpaired) electrons. The van der Waals surface area contributed by atoms with Crippen molar-refractivity contribution < 1.29 is 4.79 Å². The fourth-order valence-electron chi connectivity index (χ4n) is 2.56. The highest BCUT2D eigenvalue weighted by molar-refractivity contribution is 5.96. The van der Waals surface area contributed by atoms with E-state index in [0.717, 1.165) is 43.9 Å². The number of hydrogen-bond acceptors (Lipinski definition) is 3. The molecule has 0 saturated heterocycles. The highest BCUT2D eigenvalue weighted by Gasteiger charge is 2.19. The van der Waals surface area contributed by atoms with Crippen LogP contribution in [0, 0.1) is 12.8 Å². The fourth-order valence-corrected chi connectivity index (χ4v) is 2.56. The van der Waals surface area contributed by atoms with Gasteiger partial charge in [-0.25, -0.2) is 0 Å². The second-order valence-electron chi connectivity index (χ2n) is 6.25. The highest BCUT2D eigenvalue weighted by Crippen LogP contribution is 2.16. The van der Waals surface area contributed by atoms with Crippen LogP contribution in [-0.4, -0.2) is 48.4 Å². The summed E-state index contributed by atoms with van der Waals surface area (Å²) in [5.74, 6) is 0.535. The van der Waals surface area contributed by atoms with Crippen molar-refractivity contribution in [2.45, 2.75) is 34.6 Å². The SMILES string of the molecule is CCN(CC)CCN(CC(C)C)C(=O)c1cc(N)ccc1C.Cl.Cl. The maximum absolute atomic E-state index is 12.9. The van der Waals surface area contributed by atoms with E-state index in [9.17, 15) is 4.79 Å². The number of hydrogen-bond donors (Lipinski definition) is 1. The first-order valence-electron chi connectivity index (χ1n) is 8.26. The quantitative estimate of drug-likeness (QED) is 0.699. The summed E-state index contributed by atoms with van der Waals surface area (Å²) in [4.78, 5) is 17.2. The molecule has 0 fully saturated rings. The van der Waals surface area contributed by atoms with Gasteiger partial charge in [0.1, 0.15) is 0 Å². The zero-order valence-electron chi connectivity index (χ0n) is 15.5. The van der Waals surface area contributed by atoms with E-state index in [1.807, 2.05) is 24.0 Å². The Balaban J connectivity index is 0. The molecule has 2 N–H and O–H groups in total. The van der Waals surface area contributed by atoms with Crippen LogP contribution in [0.25, 0.3) is 0 Å². The lowest BCUT2D eigenvalue weighted by Gasteiger charge is -2.28. The predicted octanol–water partition coefficient (Wildman–Crippen LogP) is 3.86. The smallest absolute Gasteiger partial charge is 0.254 e. The van der Waals surface area contributed by atoms with Gasteiger partial charge in [-0.1, -0.05) is 33.8 Å². The normalized spacial score (nSPS) is 10.3. The van der Waals surface area contributed by atoms with Gasteiger partial charge in [0.25, 0.3) is 5.91 Å². The number of rotatable bonds is 8. The van der Waals surface area contributed by atoms with Crippen molar-refractivity contribution in [1.82, 2.24) is 9.80 Å². The fraction of sp³-hybridized carbons (Fsp3) is 0.611. The third-order valence-electron chi connectivity index (χ3n) is 3.95. The minimum atomic E-state index is 0.